The summed E-state index contributed by atoms with van der Waals surface area (Å²) in [5, 5.41) is 0. The maximum atomic E-state index is 13.4. The summed E-state index contributed by atoms with van der Waals surface area (Å²) < 4.78 is 3.29. The van der Waals surface area contributed by atoms with Crippen molar-refractivity contribution in [3.63, 3.8) is 0 Å². The Kier molecular flexibility index (Phi) is 7.73. The Bertz CT molecular complexity index is 1270. The summed E-state index contributed by atoms with van der Waals surface area (Å²) >= 11 is 0. The molecular weight excluding hydrogens is 440 g/mol. The predicted octanol–water partition coefficient (Wildman–Crippen LogP) is 4.16. The highest BCUT2D eigenvalue weighted by molar-refractivity contribution is 5.92. The lowest BCUT2D eigenvalue weighted by molar-refractivity contribution is -0.131. The Morgan fingerprint density at radius 1 is 0.857 bits per heavy atom. The van der Waals surface area contributed by atoms with Gasteiger partial charge in [0.05, 0.1) is 11.0 Å². The molecule has 0 unspecified atom stereocenters. The number of anilines is 1. The van der Waals surface area contributed by atoms with Gasteiger partial charge < -0.3 is 9.80 Å². The van der Waals surface area contributed by atoms with E-state index in [4.69, 9.17) is 0 Å². The van der Waals surface area contributed by atoms with Crippen LogP contribution in [-0.2, 0) is 36.6 Å². The SMILES string of the molecule is CC(=O)N1CCCCCCCN(C(=O)CCc2ccc3c(c2)n(C)c(=O)n3C)Cc2ccccc21. The van der Waals surface area contributed by atoms with Gasteiger partial charge in [0.1, 0.15) is 0 Å². The van der Waals surface area contributed by atoms with Crippen molar-refractivity contribution in [1.82, 2.24) is 14.0 Å². The number of hydrogen-bond donors (Lipinski definition) is 0. The van der Waals surface area contributed by atoms with Crippen LogP contribution in [0, 0.1) is 0 Å². The normalized spacial score (nSPS) is 15.4. The highest BCUT2D eigenvalue weighted by Crippen LogP contribution is 2.25. The first-order valence-corrected chi connectivity index (χ1v) is 12.6. The summed E-state index contributed by atoms with van der Waals surface area (Å²) in [5.41, 5.74) is 4.69. The molecule has 1 aliphatic rings. The van der Waals surface area contributed by atoms with Crippen LogP contribution in [0.3, 0.4) is 0 Å². The van der Waals surface area contributed by atoms with Crippen molar-refractivity contribution in [2.45, 2.75) is 58.4 Å². The number of nitrogens with zero attached hydrogens (tertiary/aromatic N) is 4. The lowest BCUT2D eigenvalue weighted by atomic mass is 10.1. The molecule has 4 rings (SSSR count). The van der Waals surface area contributed by atoms with Gasteiger partial charge in [0.2, 0.25) is 11.8 Å². The van der Waals surface area contributed by atoms with E-state index in [2.05, 4.69) is 0 Å². The molecule has 1 aliphatic heterocycles. The Morgan fingerprint density at radius 3 is 2.31 bits per heavy atom. The number of amides is 2. The molecule has 0 radical (unpaired) electrons. The third-order valence-corrected chi connectivity index (χ3v) is 7.15. The van der Waals surface area contributed by atoms with E-state index in [1.165, 1.54) is 0 Å². The van der Waals surface area contributed by atoms with E-state index >= 15 is 0 Å². The van der Waals surface area contributed by atoms with Gasteiger partial charge in [0.15, 0.2) is 0 Å². The van der Waals surface area contributed by atoms with E-state index in [9.17, 15) is 14.4 Å². The molecule has 2 aromatic carbocycles. The largest absolute Gasteiger partial charge is 0.338 e. The van der Waals surface area contributed by atoms with Crippen LogP contribution in [0.15, 0.2) is 47.3 Å². The minimum absolute atomic E-state index is 0.0399. The standard InChI is InChI=1S/C28H36N4O3/c1-21(33)32-18-10-6-4-5-9-17-31(20-23-11-7-8-12-24(23)32)27(34)16-14-22-13-15-25-26(19-22)30(3)28(35)29(25)2/h7-8,11-13,15,19H,4-6,9-10,14,16-18,20H2,1-3H3. The van der Waals surface area contributed by atoms with Crippen LogP contribution in [0.1, 0.15) is 56.6 Å². The molecule has 7 heteroatoms. The van der Waals surface area contributed by atoms with Gasteiger partial charge in [-0.15, -0.1) is 0 Å². The Labute approximate surface area is 206 Å². The van der Waals surface area contributed by atoms with Crippen LogP contribution in [0.4, 0.5) is 5.69 Å². The average Bonchev–Trinajstić information content (AvgIpc) is 3.06. The molecular formula is C28H36N4O3. The van der Waals surface area contributed by atoms with Gasteiger partial charge >= 0.3 is 5.69 Å². The van der Waals surface area contributed by atoms with Gasteiger partial charge in [-0.2, -0.15) is 0 Å². The number of carbonyl (C=O) groups excluding carboxylic acids is 2. The lowest BCUT2D eigenvalue weighted by Crippen LogP contribution is -2.35. The number of benzene rings is 2. The zero-order valence-electron chi connectivity index (χ0n) is 21.1. The maximum Gasteiger partial charge on any atom is 0.328 e. The van der Waals surface area contributed by atoms with E-state index < -0.39 is 0 Å². The summed E-state index contributed by atoms with van der Waals surface area (Å²) in [7, 11) is 3.55. The topological polar surface area (TPSA) is 67.6 Å². The molecule has 0 N–H and O–H groups in total. The molecule has 0 atom stereocenters. The zero-order valence-corrected chi connectivity index (χ0v) is 21.1. The first-order valence-electron chi connectivity index (χ1n) is 12.6. The molecule has 2 heterocycles. The average molecular weight is 477 g/mol. The van der Waals surface area contributed by atoms with Crippen molar-refractivity contribution in [3.05, 3.63) is 64.1 Å². The van der Waals surface area contributed by atoms with E-state index in [-0.39, 0.29) is 17.5 Å². The van der Waals surface area contributed by atoms with Crippen molar-refractivity contribution >= 4 is 28.5 Å². The van der Waals surface area contributed by atoms with Gasteiger partial charge in [-0.1, -0.05) is 43.5 Å². The first-order chi connectivity index (χ1) is 16.9. The van der Waals surface area contributed by atoms with Crippen molar-refractivity contribution < 1.29 is 9.59 Å². The smallest absolute Gasteiger partial charge is 0.328 e. The molecule has 1 aromatic heterocycles. The van der Waals surface area contributed by atoms with Gasteiger partial charge in [0.25, 0.3) is 0 Å². The van der Waals surface area contributed by atoms with E-state index in [1.54, 1.807) is 30.2 Å². The summed E-state index contributed by atoms with van der Waals surface area (Å²) in [6, 6.07) is 13.9. The Balaban J connectivity index is 1.53. The fraction of sp³-hybridized carbons (Fsp3) is 0.464. The van der Waals surface area contributed by atoms with Crippen molar-refractivity contribution in [1.29, 1.82) is 0 Å². The van der Waals surface area contributed by atoms with Crippen molar-refractivity contribution in [2.75, 3.05) is 18.0 Å². The van der Waals surface area contributed by atoms with E-state index in [0.717, 1.165) is 66.5 Å². The number of fused-ring (bicyclic) bond motifs is 2. The molecule has 0 saturated heterocycles. The number of aromatic nitrogens is 2. The predicted molar refractivity (Wildman–Crippen MR) is 139 cm³/mol. The van der Waals surface area contributed by atoms with E-state index in [0.29, 0.717) is 25.9 Å². The van der Waals surface area contributed by atoms with Crippen LogP contribution in [-0.4, -0.2) is 38.9 Å². The van der Waals surface area contributed by atoms with Crippen LogP contribution in [0.2, 0.25) is 0 Å². The van der Waals surface area contributed by atoms with Crippen LogP contribution in [0.25, 0.3) is 11.0 Å². The molecule has 0 fully saturated rings. The van der Waals surface area contributed by atoms with Crippen LogP contribution >= 0.6 is 0 Å². The first kappa shape index (κ1) is 24.8. The summed E-state index contributed by atoms with van der Waals surface area (Å²) in [6.45, 7) is 3.56. The molecule has 0 bridgehead atoms. The minimum atomic E-state index is -0.0502. The summed E-state index contributed by atoms with van der Waals surface area (Å²) in [5.74, 6) is 0.159. The number of para-hydroxylation sites is 1. The highest BCUT2D eigenvalue weighted by atomic mass is 16.2. The molecule has 0 aliphatic carbocycles. The zero-order chi connectivity index (χ0) is 24.9. The molecule has 0 spiro atoms. The molecule has 3 aromatic rings. The quantitative estimate of drug-likeness (QED) is 0.570. The number of rotatable bonds is 3. The maximum absolute atomic E-state index is 13.4. The molecule has 35 heavy (non-hydrogen) atoms. The molecule has 7 nitrogen and oxygen atoms in total. The highest BCUT2D eigenvalue weighted by Gasteiger charge is 2.20. The summed E-state index contributed by atoms with van der Waals surface area (Å²) in [4.78, 5) is 41.9. The molecule has 0 saturated carbocycles. The van der Waals surface area contributed by atoms with E-state index in [1.807, 2.05) is 52.3 Å². The lowest BCUT2D eigenvalue weighted by Gasteiger charge is -2.29. The second-order valence-corrected chi connectivity index (χ2v) is 9.61. The molecule has 186 valence electrons. The number of hydrogen-bond acceptors (Lipinski definition) is 3. The van der Waals surface area contributed by atoms with Gasteiger partial charge in [-0.05, 0) is 48.6 Å². The van der Waals surface area contributed by atoms with Gasteiger partial charge in [0, 0.05) is 52.8 Å². The number of imidazole rings is 1. The number of carbonyl (C=O) groups is 2. The summed E-state index contributed by atoms with van der Waals surface area (Å²) in [6.07, 6.45) is 6.30. The molecule has 2 amide bonds. The second-order valence-electron chi connectivity index (χ2n) is 9.61. The van der Waals surface area contributed by atoms with Crippen LogP contribution in [0.5, 0.6) is 0 Å². The van der Waals surface area contributed by atoms with Crippen LogP contribution < -0.4 is 10.6 Å². The van der Waals surface area contributed by atoms with Crippen molar-refractivity contribution in [2.24, 2.45) is 14.1 Å². The minimum Gasteiger partial charge on any atom is -0.338 e. The van der Waals surface area contributed by atoms with Crippen molar-refractivity contribution in [3.8, 4) is 0 Å². The fourth-order valence-electron chi connectivity index (χ4n) is 5.07. The number of aryl methyl sites for hydroxylation is 3. The fourth-order valence-corrected chi connectivity index (χ4v) is 5.07. The second kappa shape index (κ2) is 10.9. The van der Waals surface area contributed by atoms with Gasteiger partial charge in [-0.25, -0.2) is 4.79 Å². The Morgan fingerprint density at radius 2 is 1.54 bits per heavy atom. The monoisotopic (exact) mass is 476 g/mol. The Hall–Kier alpha value is -3.35. The van der Waals surface area contributed by atoms with Gasteiger partial charge in [-0.3, -0.25) is 18.7 Å². The third kappa shape index (κ3) is 5.50. The third-order valence-electron chi connectivity index (χ3n) is 7.15.